The lowest BCUT2D eigenvalue weighted by molar-refractivity contribution is -0.133. The Labute approximate surface area is 153 Å². The van der Waals surface area contributed by atoms with Crippen LogP contribution in [0.4, 0.5) is 0 Å². The summed E-state index contributed by atoms with van der Waals surface area (Å²) in [5.41, 5.74) is 0.0176. The van der Waals surface area contributed by atoms with Crippen LogP contribution in [0.1, 0.15) is 65.2 Å². The summed E-state index contributed by atoms with van der Waals surface area (Å²) in [6.07, 6.45) is 9.14. The maximum Gasteiger partial charge on any atom is 0.324 e. The van der Waals surface area contributed by atoms with E-state index in [1.165, 1.54) is 25.7 Å². The highest BCUT2D eigenvalue weighted by molar-refractivity contribution is 14.1. The van der Waals surface area contributed by atoms with E-state index in [0.29, 0.717) is 5.75 Å². The van der Waals surface area contributed by atoms with Crippen LogP contribution in [0.3, 0.4) is 0 Å². The second kappa shape index (κ2) is 8.90. The van der Waals surface area contributed by atoms with Crippen LogP contribution in [0.2, 0.25) is 0 Å². The van der Waals surface area contributed by atoms with Crippen molar-refractivity contribution in [3.8, 4) is 11.5 Å². The molecule has 4 heteroatoms. The minimum atomic E-state index is -0.183. The van der Waals surface area contributed by atoms with Crippen LogP contribution in [-0.4, -0.2) is 15.5 Å². The van der Waals surface area contributed by atoms with Gasteiger partial charge < -0.3 is 9.47 Å². The number of unbranched alkanes of at least 4 members (excludes halogenated alkanes) is 1. The molecule has 1 aliphatic carbocycles. The van der Waals surface area contributed by atoms with Crippen LogP contribution in [0.5, 0.6) is 11.5 Å². The topological polar surface area (TPSA) is 35.5 Å². The van der Waals surface area contributed by atoms with E-state index in [0.717, 1.165) is 31.4 Å². The fourth-order valence-electron chi connectivity index (χ4n) is 3.09. The maximum absolute atomic E-state index is 11.8. The van der Waals surface area contributed by atoms with Crippen molar-refractivity contribution >= 4 is 28.6 Å². The van der Waals surface area contributed by atoms with Gasteiger partial charge in [-0.05, 0) is 69.2 Å². The number of hydrogen-bond acceptors (Lipinski definition) is 3. The van der Waals surface area contributed by atoms with Crippen LogP contribution in [0.15, 0.2) is 24.3 Å². The Morgan fingerprint density at radius 1 is 1.17 bits per heavy atom. The summed E-state index contributed by atoms with van der Waals surface area (Å²) in [5.74, 6) is 1.28. The summed E-state index contributed by atoms with van der Waals surface area (Å²) < 4.78 is 11.6. The standard InChI is InChI=1S/C19H27IO3/c1-3-5-12-19(13-6-7-14-19)23-16-10-8-15(9-11-16)22-18(21)17(20)4-2/h8-11,17H,3-7,12-14H2,1-2H3. The Morgan fingerprint density at radius 3 is 2.35 bits per heavy atom. The lowest BCUT2D eigenvalue weighted by Gasteiger charge is -2.30. The number of carbonyl (C=O) groups is 1. The molecule has 1 aromatic carbocycles. The molecule has 1 aromatic rings. The Morgan fingerprint density at radius 2 is 1.78 bits per heavy atom. The van der Waals surface area contributed by atoms with Gasteiger partial charge in [-0.25, -0.2) is 0 Å². The van der Waals surface area contributed by atoms with E-state index < -0.39 is 0 Å². The molecule has 2 rings (SSSR count). The Hall–Kier alpha value is -0.780. The lowest BCUT2D eigenvalue weighted by Crippen LogP contribution is -2.32. The third kappa shape index (κ3) is 5.37. The van der Waals surface area contributed by atoms with E-state index in [2.05, 4.69) is 29.5 Å². The molecule has 0 aliphatic heterocycles. The molecule has 0 heterocycles. The van der Waals surface area contributed by atoms with E-state index in [9.17, 15) is 4.79 Å². The van der Waals surface area contributed by atoms with Crippen molar-refractivity contribution in [2.75, 3.05) is 0 Å². The zero-order chi connectivity index (χ0) is 16.7. The molecule has 0 spiro atoms. The molecule has 1 atom stereocenters. The quantitative estimate of drug-likeness (QED) is 0.230. The van der Waals surface area contributed by atoms with Crippen molar-refractivity contribution < 1.29 is 14.3 Å². The number of rotatable bonds is 8. The van der Waals surface area contributed by atoms with Crippen LogP contribution in [0, 0.1) is 0 Å². The van der Waals surface area contributed by atoms with Gasteiger partial charge in [0.25, 0.3) is 0 Å². The van der Waals surface area contributed by atoms with Crippen molar-refractivity contribution in [1.82, 2.24) is 0 Å². The minimum absolute atomic E-state index is 0.0176. The van der Waals surface area contributed by atoms with Crippen molar-refractivity contribution in [2.45, 2.75) is 74.7 Å². The third-order valence-corrected chi connectivity index (χ3v) is 5.88. The molecule has 1 fully saturated rings. The van der Waals surface area contributed by atoms with Crippen LogP contribution < -0.4 is 9.47 Å². The van der Waals surface area contributed by atoms with E-state index in [1.54, 1.807) is 0 Å². The number of alkyl halides is 1. The molecule has 0 N–H and O–H groups in total. The summed E-state index contributed by atoms with van der Waals surface area (Å²) in [5, 5.41) is 0. The summed E-state index contributed by atoms with van der Waals surface area (Å²) in [6, 6.07) is 7.50. The molecule has 0 radical (unpaired) electrons. The molecule has 1 unspecified atom stereocenters. The fraction of sp³-hybridized carbons (Fsp3) is 0.632. The van der Waals surface area contributed by atoms with Gasteiger partial charge in [0.1, 0.15) is 21.0 Å². The van der Waals surface area contributed by atoms with Crippen LogP contribution >= 0.6 is 22.6 Å². The van der Waals surface area contributed by atoms with E-state index in [-0.39, 0.29) is 15.5 Å². The first-order valence-electron chi connectivity index (χ1n) is 8.73. The average molecular weight is 430 g/mol. The molecule has 1 saturated carbocycles. The lowest BCUT2D eigenvalue weighted by atomic mass is 9.94. The van der Waals surface area contributed by atoms with Gasteiger partial charge in [0, 0.05) is 0 Å². The van der Waals surface area contributed by atoms with Gasteiger partial charge >= 0.3 is 5.97 Å². The number of ether oxygens (including phenoxy) is 2. The predicted molar refractivity (Wildman–Crippen MR) is 102 cm³/mol. The van der Waals surface area contributed by atoms with Gasteiger partial charge in [-0.3, -0.25) is 4.79 Å². The van der Waals surface area contributed by atoms with E-state index in [4.69, 9.17) is 9.47 Å². The second-order valence-electron chi connectivity index (χ2n) is 6.36. The third-order valence-electron chi connectivity index (χ3n) is 4.49. The first kappa shape index (κ1) is 18.6. The molecule has 0 amide bonds. The number of halogens is 1. The van der Waals surface area contributed by atoms with E-state index >= 15 is 0 Å². The molecule has 0 saturated heterocycles. The van der Waals surface area contributed by atoms with Crippen LogP contribution in [-0.2, 0) is 4.79 Å². The minimum Gasteiger partial charge on any atom is -0.487 e. The van der Waals surface area contributed by atoms with Gasteiger partial charge in [-0.15, -0.1) is 0 Å². The molecule has 3 nitrogen and oxygen atoms in total. The molecule has 0 aromatic heterocycles. The van der Waals surface area contributed by atoms with Gasteiger partial charge in [-0.1, -0.05) is 42.9 Å². The second-order valence-corrected chi connectivity index (χ2v) is 7.87. The van der Waals surface area contributed by atoms with Crippen molar-refractivity contribution in [2.24, 2.45) is 0 Å². The normalized spacial score (nSPS) is 17.7. The number of hydrogen-bond donors (Lipinski definition) is 0. The molecule has 128 valence electrons. The Balaban J connectivity index is 1.97. The highest BCUT2D eigenvalue weighted by atomic mass is 127. The highest BCUT2D eigenvalue weighted by Gasteiger charge is 2.35. The number of benzene rings is 1. The Bertz CT molecular complexity index is 492. The highest BCUT2D eigenvalue weighted by Crippen LogP contribution is 2.38. The zero-order valence-electron chi connectivity index (χ0n) is 14.1. The average Bonchev–Trinajstić information content (AvgIpc) is 3.02. The molecule has 0 bridgehead atoms. The first-order valence-corrected chi connectivity index (χ1v) is 9.98. The van der Waals surface area contributed by atoms with Crippen LogP contribution in [0.25, 0.3) is 0 Å². The van der Waals surface area contributed by atoms with Gasteiger partial charge in [0.15, 0.2) is 0 Å². The summed E-state index contributed by atoms with van der Waals surface area (Å²) in [4.78, 5) is 11.8. The predicted octanol–water partition coefficient (Wildman–Crippen LogP) is 5.69. The van der Waals surface area contributed by atoms with Gasteiger partial charge in [0.05, 0.1) is 0 Å². The molecular weight excluding hydrogens is 403 g/mol. The van der Waals surface area contributed by atoms with Crippen molar-refractivity contribution in [3.63, 3.8) is 0 Å². The van der Waals surface area contributed by atoms with Gasteiger partial charge in [0.2, 0.25) is 0 Å². The SMILES string of the molecule is CCCCC1(Oc2ccc(OC(=O)C(I)CC)cc2)CCCC1. The number of carbonyl (C=O) groups excluding carboxylic acids is 1. The van der Waals surface area contributed by atoms with Gasteiger partial charge in [-0.2, -0.15) is 0 Å². The molecule has 23 heavy (non-hydrogen) atoms. The summed E-state index contributed by atoms with van der Waals surface area (Å²) in [6.45, 7) is 4.20. The van der Waals surface area contributed by atoms with Crippen molar-refractivity contribution in [3.05, 3.63) is 24.3 Å². The summed E-state index contributed by atoms with van der Waals surface area (Å²) >= 11 is 2.11. The molecular formula is C19H27IO3. The summed E-state index contributed by atoms with van der Waals surface area (Å²) in [7, 11) is 0. The first-order chi connectivity index (χ1) is 11.1. The zero-order valence-corrected chi connectivity index (χ0v) is 16.3. The molecule has 1 aliphatic rings. The maximum atomic E-state index is 11.8. The largest absolute Gasteiger partial charge is 0.487 e. The number of esters is 1. The monoisotopic (exact) mass is 430 g/mol. The Kier molecular flexibility index (Phi) is 7.18. The van der Waals surface area contributed by atoms with E-state index in [1.807, 2.05) is 31.2 Å². The fourth-order valence-corrected chi connectivity index (χ4v) is 3.22. The smallest absolute Gasteiger partial charge is 0.324 e. The van der Waals surface area contributed by atoms with Crippen molar-refractivity contribution in [1.29, 1.82) is 0 Å².